The summed E-state index contributed by atoms with van der Waals surface area (Å²) in [5, 5.41) is 1.12. The van der Waals surface area contributed by atoms with Crippen LogP contribution in [0.4, 0.5) is 5.69 Å². The minimum absolute atomic E-state index is 0.000810. The normalized spacial score (nSPS) is 21.4. The molecular weight excluding hydrogens is 398 g/mol. The van der Waals surface area contributed by atoms with Crippen LogP contribution in [0.1, 0.15) is 61.5 Å². The number of nitrogens with two attached hydrogens (primary N) is 1. The Labute approximate surface area is 190 Å². The molecule has 168 valence electrons. The number of carbonyl (C=O) groups is 1. The molecule has 2 N–H and O–H groups in total. The molecule has 1 aliphatic carbocycles. The molecule has 0 radical (unpaired) electrons. The van der Waals surface area contributed by atoms with E-state index in [0.717, 1.165) is 54.6 Å². The predicted molar refractivity (Wildman–Crippen MR) is 129 cm³/mol. The van der Waals surface area contributed by atoms with Gasteiger partial charge in [-0.15, -0.1) is 0 Å². The lowest BCUT2D eigenvalue weighted by Crippen LogP contribution is -2.34. The quantitative estimate of drug-likeness (QED) is 0.616. The van der Waals surface area contributed by atoms with Gasteiger partial charge in [-0.2, -0.15) is 0 Å². The highest BCUT2D eigenvalue weighted by Gasteiger charge is 2.46. The second-order valence-corrected chi connectivity index (χ2v) is 10.1. The van der Waals surface area contributed by atoms with Gasteiger partial charge < -0.3 is 19.9 Å². The number of ether oxygens (including phenoxy) is 1. The number of rotatable bonds is 5. The van der Waals surface area contributed by atoms with Crippen LogP contribution < -0.4 is 10.6 Å². The smallest absolute Gasteiger partial charge is 0.274 e. The van der Waals surface area contributed by atoms with Crippen molar-refractivity contribution in [1.82, 2.24) is 4.57 Å². The monoisotopic (exact) mass is 431 g/mol. The first-order chi connectivity index (χ1) is 15.3. The van der Waals surface area contributed by atoms with E-state index in [0.29, 0.717) is 12.5 Å². The SMILES string of the molecule is CN(C(=O)c1cc2cc(C3CCOC(C)(C)C3)ccc2n1C1(CN)CC1)c1ccccc1. The first-order valence-corrected chi connectivity index (χ1v) is 11.7. The van der Waals surface area contributed by atoms with Crippen LogP contribution in [-0.4, -0.2) is 36.3 Å². The Morgan fingerprint density at radius 2 is 1.91 bits per heavy atom. The molecule has 1 unspecified atom stereocenters. The van der Waals surface area contributed by atoms with E-state index in [4.69, 9.17) is 10.5 Å². The van der Waals surface area contributed by atoms with Gasteiger partial charge in [0.1, 0.15) is 5.69 Å². The molecular formula is C27H33N3O2. The van der Waals surface area contributed by atoms with Crippen LogP contribution in [-0.2, 0) is 10.3 Å². The summed E-state index contributed by atoms with van der Waals surface area (Å²) in [6, 6.07) is 18.6. The molecule has 5 nitrogen and oxygen atoms in total. The van der Waals surface area contributed by atoms with Gasteiger partial charge in [0.15, 0.2) is 0 Å². The van der Waals surface area contributed by atoms with Crippen molar-refractivity contribution in [2.75, 3.05) is 25.1 Å². The third-order valence-corrected chi connectivity index (χ3v) is 7.34. The van der Waals surface area contributed by atoms with Crippen molar-refractivity contribution in [3.63, 3.8) is 0 Å². The van der Waals surface area contributed by atoms with E-state index in [1.807, 2.05) is 37.4 Å². The molecule has 2 aromatic carbocycles. The Kier molecular flexibility index (Phi) is 5.14. The van der Waals surface area contributed by atoms with E-state index < -0.39 is 0 Å². The van der Waals surface area contributed by atoms with Crippen molar-refractivity contribution in [3.8, 4) is 0 Å². The minimum Gasteiger partial charge on any atom is -0.376 e. The summed E-state index contributed by atoms with van der Waals surface area (Å²) in [5.41, 5.74) is 10.0. The van der Waals surface area contributed by atoms with Crippen molar-refractivity contribution < 1.29 is 9.53 Å². The molecule has 5 rings (SSSR count). The second kappa shape index (κ2) is 7.75. The molecule has 2 fully saturated rings. The maximum Gasteiger partial charge on any atom is 0.274 e. The van der Waals surface area contributed by atoms with Crippen LogP contribution in [0.25, 0.3) is 10.9 Å². The van der Waals surface area contributed by atoms with E-state index >= 15 is 0 Å². The van der Waals surface area contributed by atoms with Gasteiger partial charge in [-0.05, 0) is 81.3 Å². The third kappa shape index (κ3) is 3.63. The van der Waals surface area contributed by atoms with E-state index in [1.54, 1.807) is 4.90 Å². The number of anilines is 1. The summed E-state index contributed by atoms with van der Waals surface area (Å²) >= 11 is 0. The zero-order valence-corrected chi connectivity index (χ0v) is 19.3. The fraction of sp³-hybridized carbons (Fsp3) is 0.444. The number of carbonyl (C=O) groups excluding carboxylic acids is 1. The van der Waals surface area contributed by atoms with E-state index in [2.05, 4.69) is 42.7 Å². The molecule has 3 aromatic rings. The van der Waals surface area contributed by atoms with Gasteiger partial charge >= 0.3 is 0 Å². The lowest BCUT2D eigenvalue weighted by Gasteiger charge is -2.35. The average Bonchev–Trinajstić information content (AvgIpc) is 3.50. The summed E-state index contributed by atoms with van der Waals surface area (Å²) in [5.74, 6) is 0.475. The van der Waals surface area contributed by atoms with E-state index in [-0.39, 0.29) is 17.0 Å². The lowest BCUT2D eigenvalue weighted by atomic mass is 9.83. The fourth-order valence-corrected chi connectivity index (χ4v) is 5.28. The number of amides is 1. The highest BCUT2D eigenvalue weighted by atomic mass is 16.5. The first kappa shape index (κ1) is 21.2. The second-order valence-electron chi connectivity index (χ2n) is 10.1. The number of hydrogen-bond donors (Lipinski definition) is 1. The lowest BCUT2D eigenvalue weighted by molar-refractivity contribution is -0.0592. The number of aromatic nitrogens is 1. The molecule has 2 aliphatic rings. The van der Waals surface area contributed by atoms with Crippen molar-refractivity contribution in [2.45, 2.75) is 56.6 Å². The van der Waals surface area contributed by atoms with Crippen LogP contribution in [0.3, 0.4) is 0 Å². The molecule has 1 amide bonds. The van der Waals surface area contributed by atoms with Gasteiger partial charge in [-0.1, -0.05) is 24.3 Å². The van der Waals surface area contributed by atoms with Crippen LogP contribution in [0.2, 0.25) is 0 Å². The number of hydrogen-bond acceptors (Lipinski definition) is 3. The number of fused-ring (bicyclic) bond motifs is 1. The minimum atomic E-state index is -0.146. The Morgan fingerprint density at radius 1 is 1.16 bits per heavy atom. The molecule has 2 heterocycles. The summed E-state index contributed by atoms with van der Waals surface area (Å²) in [7, 11) is 1.84. The van der Waals surface area contributed by atoms with Crippen molar-refractivity contribution in [1.29, 1.82) is 0 Å². The molecule has 1 saturated carbocycles. The maximum absolute atomic E-state index is 13.6. The fourth-order valence-electron chi connectivity index (χ4n) is 5.28. The maximum atomic E-state index is 13.6. The Bertz CT molecular complexity index is 1140. The Balaban J connectivity index is 1.58. The number of benzene rings is 2. The highest BCUT2D eigenvalue weighted by molar-refractivity contribution is 6.08. The van der Waals surface area contributed by atoms with E-state index in [1.165, 1.54) is 5.56 Å². The van der Waals surface area contributed by atoms with Crippen LogP contribution in [0, 0.1) is 0 Å². The van der Waals surface area contributed by atoms with Crippen LogP contribution >= 0.6 is 0 Å². The number of nitrogens with zero attached hydrogens (tertiary/aromatic N) is 2. The van der Waals surface area contributed by atoms with Crippen molar-refractivity contribution in [2.24, 2.45) is 5.73 Å². The molecule has 1 atom stereocenters. The van der Waals surface area contributed by atoms with Gasteiger partial charge in [0.2, 0.25) is 0 Å². The van der Waals surface area contributed by atoms with Gasteiger partial charge in [0.25, 0.3) is 5.91 Å². The van der Waals surface area contributed by atoms with Crippen molar-refractivity contribution in [3.05, 3.63) is 65.9 Å². The van der Waals surface area contributed by atoms with Gasteiger partial charge in [0.05, 0.1) is 11.1 Å². The summed E-state index contributed by atoms with van der Waals surface area (Å²) < 4.78 is 8.15. The summed E-state index contributed by atoms with van der Waals surface area (Å²) in [4.78, 5) is 15.4. The predicted octanol–water partition coefficient (Wildman–Crippen LogP) is 5.04. The van der Waals surface area contributed by atoms with Gasteiger partial charge in [-0.25, -0.2) is 0 Å². The zero-order chi connectivity index (χ0) is 22.5. The van der Waals surface area contributed by atoms with Crippen molar-refractivity contribution >= 4 is 22.5 Å². The van der Waals surface area contributed by atoms with Crippen LogP contribution in [0.15, 0.2) is 54.6 Å². The van der Waals surface area contributed by atoms with Gasteiger partial charge in [0, 0.05) is 36.8 Å². The van der Waals surface area contributed by atoms with E-state index in [9.17, 15) is 4.79 Å². The molecule has 0 bridgehead atoms. The molecule has 0 spiro atoms. The standard InChI is InChI=1S/C27H33N3O2/c1-26(2)17-20(11-14-32-26)19-9-10-23-21(15-19)16-24(30(23)27(18-28)12-13-27)25(31)29(3)22-7-5-4-6-8-22/h4-10,15-16,20H,11-14,17-18,28H2,1-3H3. The average molecular weight is 432 g/mol. The molecule has 1 aromatic heterocycles. The topological polar surface area (TPSA) is 60.5 Å². The van der Waals surface area contributed by atoms with Gasteiger partial charge in [-0.3, -0.25) is 4.79 Å². The van der Waals surface area contributed by atoms with Crippen LogP contribution in [0.5, 0.6) is 0 Å². The Hall–Kier alpha value is -2.63. The summed E-state index contributed by atoms with van der Waals surface area (Å²) in [6.45, 7) is 5.67. The molecule has 5 heteroatoms. The number of para-hydroxylation sites is 1. The largest absolute Gasteiger partial charge is 0.376 e. The molecule has 32 heavy (non-hydrogen) atoms. The molecule has 1 saturated heterocycles. The summed E-state index contributed by atoms with van der Waals surface area (Å²) in [6.07, 6.45) is 4.07. The molecule has 1 aliphatic heterocycles. The highest BCUT2D eigenvalue weighted by Crippen LogP contribution is 2.47. The third-order valence-electron chi connectivity index (χ3n) is 7.34. The zero-order valence-electron chi connectivity index (χ0n) is 19.3. The first-order valence-electron chi connectivity index (χ1n) is 11.7. The Morgan fingerprint density at radius 3 is 2.56 bits per heavy atom.